The van der Waals surface area contributed by atoms with Crippen LogP contribution >= 0.6 is 11.9 Å². The van der Waals surface area contributed by atoms with Crippen LogP contribution in [0.5, 0.6) is 17.2 Å². The normalized spacial score (nSPS) is 10.4. The molecule has 1 heterocycles. The molecule has 0 unspecified atom stereocenters. The number of anilines is 1. The Morgan fingerprint density at radius 2 is 1.54 bits per heavy atom. The summed E-state index contributed by atoms with van der Waals surface area (Å²) >= 11 is 1.38. The van der Waals surface area contributed by atoms with Gasteiger partial charge in [0.15, 0.2) is 0 Å². The molecule has 26 heavy (non-hydrogen) atoms. The van der Waals surface area contributed by atoms with Crippen LogP contribution in [0.1, 0.15) is 0 Å². The summed E-state index contributed by atoms with van der Waals surface area (Å²) in [6.45, 7) is 0. The predicted octanol–water partition coefficient (Wildman–Crippen LogP) is 4.03. The molecule has 0 saturated carbocycles. The zero-order valence-electron chi connectivity index (χ0n) is 14.3. The first-order valence-electron chi connectivity index (χ1n) is 7.81. The van der Waals surface area contributed by atoms with Gasteiger partial charge in [-0.25, -0.2) is 0 Å². The monoisotopic (exact) mass is 370 g/mol. The summed E-state index contributed by atoms with van der Waals surface area (Å²) in [5.74, 6) is 2.20. The first-order valence-corrected chi connectivity index (χ1v) is 8.59. The van der Waals surface area contributed by atoms with E-state index in [2.05, 4.69) is 0 Å². The van der Waals surface area contributed by atoms with E-state index in [0.717, 1.165) is 16.4 Å². The number of pyridine rings is 1. The van der Waals surface area contributed by atoms with Crippen molar-refractivity contribution in [3.8, 4) is 17.2 Å². The summed E-state index contributed by atoms with van der Waals surface area (Å²) in [7, 11) is 3.39. The molecule has 0 fully saturated rings. The molecule has 0 aliphatic rings. The SMILES string of the molecule is COc1ccc(Oc2ccc(SN(C)c3cccn(O)c3=O)cc2)cc1. The van der Waals surface area contributed by atoms with Crippen molar-refractivity contribution < 1.29 is 14.7 Å². The van der Waals surface area contributed by atoms with Crippen LogP contribution in [-0.2, 0) is 0 Å². The first kappa shape index (κ1) is 17.8. The average molecular weight is 370 g/mol. The van der Waals surface area contributed by atoms with Crippen molar-refractivity contribution >= 4 is 17.6 Å². The van der Waals surface area contributed by atoms with Crippen molar-refractivity contribution in [2.45, 2.75) is 4.90 Å². The summed E-state index contributed by atoms with van der Waals surface area (Å²) in [6, 6.07) is 18.1. The maximum atomic E-state index is 11.9. The minimum absolute atomic E-state index is 0.388. The Labute approximate surface area is 155 Å². The molecule has 0 saturated heterocycles. The molecule has 0 spiro atoms. The van der Waals surface area contributed by atoms with Gasteiger partial charge in [-0.1, -0.05) is 0 Å². The molecular formula is C19H18N2O4S. The van der Waals surface area contributed by atoms with E-state index < -0.39 is 5.56 Å². The molecule has 1 aromatic heterocycles. The Balaban J connectivity index is 1.67. The summed E-state index contributed by atoms with van der Waals surface area (Å²) in [6.07, 6.45) is 1.30. The highest BCUT2D eigenvalue weighted by Gasteiger charge is 2.09. The van der Waals surface area contributed by atoms with Crippen molar-refractivity contribution in [1.29, 1.82) is 0 Å². The zero-order chi connectivity index (χ0) is 18.5. The van der Waals surface area contributed by atoms with Gasteiger partial charge in [0.05, 0.1) is 7.11 Å². The highest BCUT2D eigenvalue weighted by Crippen LogP contribution is 2.29. The number of benzene rings is 2. The number of nitrogens with zero attached hydrogens (tertiary/aromatic N) is 2. The van der Waals surface area contributed by atoms with Crippen molar-refractivity contribution in [3.63, 3.8) is 0 Å². The second-order valence-corrected chi connectivity index (χ2v) is 6.58. The molecule has 3 rings (SSSR count). The number of hydrogen-bond acceptors (Lipinski definition) is 6. The van der Waals surface area contributed by atoms with Crippen molar-refractivity contribution in [2.24, 2.45) is 0 Å². The molecular weight excluding hydrogens is 352 g/mol. The molecule has 0 bridgehead atoms. The second-order valence-electron chi connectivity index (χ2n) is 5.38. The van der Waals surface area contributed by atoms with Crippen molar-refractivity contribution in [1.82, 2.24) is 4.73 Å². The average Bonchev–Trinajstić information content (AvgIpc) is 2.66. The van der Waals surface area contributed by atoms with E-state index in [0.29, 0.717) is 16.2 Å². The maximum absolute atomic E-state index is 11.9. The van der Waals surface area contributed by atoms with Gasteiger partial charge in [-0.05, 0) is 72.6 Å². The van der Waals surface area contributed by atoms with E-state index in [-0.39, 0.29) is 0 Å². The summed E-state index contributed by atoms with van der Waals surface area (Å²) < 4.78 is 13.2. The van der Waals surface area contributed by atoms with Gasteiger partial charge in [-0.2, -0.15) is 4.73 Å². The third-order valence-electron chi connectivity index (χ3n) is 3.61. The van der Waals surface area contributed by atoms with Crippen LogP contribution in [0.3, 0.4) is 0 Å². The number of ether oxygens (including phenoxy) is 2. The molecule has 0 amide bonds. The van der Waals surface area contributed by atoms with E-state index in [1.807, 2.05) is 48.5 Å². The lowest BCUT2D eigenvalue weighted by Gasteiger charge is -2.17. The Morgan fingerprint density at radius 1 is 0.962 bits per heavy atom. The molecule has 6 nitrogen and oxygen atoms in total. The van der Waals surface area contributed by atoms with Crippen LogP contribution in [0.2, 0.25) is 0 Å². The van der Waals surface area contributed by atoms with Gasteiger partial charge in [-0.3, -0.25) is 4.79 Å². The van der Waals surface area contributed by atoms with Crippen LogP contribution in [0.25, 0.3) is 0 Å². The minimum Gasteiger partial charge on any atom is -0.497 e. The minimum atomic E-state index is -0.470. The lowest BCUT2D eigenvalue weighted by atomic mass is 10.3. The van der Waals surface area contributed by atoms with Crippen molar-refractivity contribution in [2.75, 3.05) is 18.5 Å². The quantitative estimate of drug-likeness (QED) is 0.522. The lowest BCUT2D eigenvalue weighted by molar-refractivity contribution is 0.175. The molecule has 0 aliphatic heterocycles. The highest BCUT2D eigenvalue weighted by atomic mass is 32.2. The van der Waals surface area contributed by atoms with Gasteiger partial charge < -0.3 is 19.0 Å². The number of aromatic nitrogens is 1. The molecule has 3 aromatic rings. The third-order valence-corrected chi connectivity index (χ3v) is 4.56. The number of hydrogen-bond donors (Lipinski definition) is 1. The topological polar surface area (TPSA) is 63.9 Å². The fourth-order valence-corrected chi connectivity index (χ4v) is 3.08. The molecule has 1 N–H and O–H groups in total. The zero-order valence-corrected chi connectivity index (χ0v) is 15.1. The summed E-state index contributed by atoms with van der Waals surface area (Å²) in [4.78, 5) is 12.9. The molecule has 2 aromatic carbocycles. The van der Waals surface area contributed by atoms with Gasteiger partial charge in [-0.15, -0.1) is 0 Å². The van der Waals surface area contributed by atoms with Crippen LogP contribution in [-0.4, -0.2) is 24.1 Å². The van der Waals surface area contributed by atoms with E-state index in [4.69, 9.17) is 9.47 Å². The Bertz CT molecular complexity index is 924. The third kappa shape index (κ3) is 4.12. The first-order chi connectivity index (χ1) is 12.6. The highest BCUT2D eigenvalue weighted by molar-refractivity contribution is 8.00. The lowest BCUT2D eigenvalue weighted by Crippen LogP contribution is -2.23. The van der Waals surface area contributed by atoms with E-state index in [1.165, 1.54) is 18.1 Å². The summed E-state index contributed by atoms with van der Waals surface area (Å²) in [5, 5.41) is 9.47. The van der Waals surface area contributed by atoms with Gasteiger partial charge in [0.1, 0.15) is 22.9 Å². The number of rotatable bonds is 6. The van der Waals surface area contributed by atoms with Gasteiger partial charge in [0.2, 0.25) is 0 Å². The van der Waals surface area contributed by atoms with Gasteiger partial charge in [0, 0.05) is 18.1 Å². The van der Waals surface area contributed by atoms with Crippen LogP contribution in [0, 0.1) is 0 Å². The second kappa shape index (κ2) is 7.88. The Hall–Kier alpha value is -3.06. The van der Waals surface area contributed by atoms with E-state index in [1.54, 1.807) is 30.6 Å². The van der Waals surface area contributed by atoms with E-state index >= 15 is 0 Å². The smallest absolute Gasteiger partial charge is 0.307 e. The van der Waals surface area contributed by atoms with Crippen LogP contribution in [0.15, 0.2) is 76.6 Å². The van der Waals surface area contributed by atoms with Crippen LogP contribution in [0.4, 0.5) is 5.69 Å². The predicted molar refractivity (Wildman–Crippen MR) is 102 cm³/mol. The van der Waals surface area contributed by atoms with E-state index in [9.17, 15) is 10.0 Å². The largest absolute Gasteiger partial charge is 0.497 e. The molecule has 7 heteroatoms. The Morgan fingerprint density at radius 3 is 2.15 bits per heavy atom. The summed E-state index contributed by atoms with van der Waals surface area (Å²) in [5.41, 5.74) is -0.0829. The molecule has 134 valence electrons. The fraction of sp³-hybridized carbons (Fsp3) is 0.105. The maximum Gasteiger partial charge on any atom is 0.307 e. The molecule has 0 aliphatic carbocycles. The number of methoxy groups -OCH3 is 1. The standard InChI is InChI=1S/C19H18N2O4S/c1-20(18-4-3-13-21(23)19(18)22)26-17-11-9-16(10-12-17)25-15-7-5-14(24-2)6-8-15/h3-13,23H,1-2H3. The van der Waals surface area contributed by atoms with Crippen LogP contribution < -0.4 is 19.3 Å². The molecule has 0 atom stereocenters. The van der Waals surface area contributed by atoms with Gasteiger partial charge in [0.25, 0.3) is 0 Å². The fourth-order valence-electron chi connectivity index (χ4n) is 2.27. The van der Waals surface area contributed by atoms with Crippen molar-refractivity contribution in [3.05, 3.63) is 77.2 Å². The molecule has 0 radical (unpaired) electrons. The Kier molecular flexibility index (Phi) is 5.38. The van der Waals surface area contributed by atoms with Gasteiger partial charge >= 0.3 is 5.56 Å².